The molecule has 0 bridgehead atoms. The highest BCUT2D eigenvalue weighted by molar-refractivity contribution is 5.94. The van der Waals surface area contributed by atoms with E-state index in [1.807, 2.05) is 56.3 Å². The van der Waals surface area contributed by atoms with Crippen LogP contribution in [0.25, 0.3) is 0 Å². The number of amides is 2. The number of nitrogens with zero attached hydrogens (tertiary/aromatic N) is 1. The molecule has 0 spiro atoms. The second kappa shape index (κ2) is 9.04. The zero-order valence-electron chi connectivity index (χ0n) is 15.9. The summed E-state index contributed by atoms with van der Waals surface area (Å²) in [5.74, 6) is 0.0367. The highest BCUT2D eigenvalue weighted by Gasteiger charge is 2.07. The smallest absolute Gasteiger partial charge is 0.243 e. The van der Waals surface area contributed by atoms with Gasteiger partial charge in [0.25, 0.3) is 0 Å². The van der Waals surface area contributed by atoms with Gasteiger partial charge in [-0.15, -0.1) is 0 Å². The molecule has 5 nitrogen and oxygen atoms in total. The Kier molecular flexibility index (Phi) is 6.78. The molecule has 138 valence electrons. The van der Waals surface area contributed by atoms with Crippen molar-refractivity contribution in [3.8, 4) is 0 Å². The van der Waals surface area contributed by atoms with E-state index in [-0.39, 0.29) is 18.4 Å². The predicted molar refractivity (Wildman–Crippen MR) is 106 cm³/mol. The molecule has 0 atom stereocenters. The maximum atomic E-state index is 12.1. The van der Waals surface area contributed by atoms with Gasteiger partial charge >= 0.3 is 0 Å². The SMILES string of the molecule is Cc1cccc(NC(=O)CNc2ccc(CCC(=O)N(C)C)cc2)c1C. The fraction of sp³-hybridized carbons (Fsp3) is 0.333. The van der Waals surface area contributed by atoms with Gasteiger partial charge < -0.3 is 15.5 Å². The Bertz CT molecular complexity index is 767. The van der Waals surface area contributed by atoms with Crippen LogP contribution >= 0.6 is 0 Å². The molecular formula is C21H27N3O2. The quantitative estimate of drug-likeness (QED) is 0.802. The summed E-state index contributed by atoms with van der Waals surface area (Å²) < 4.78 is 0. The molecule has 0 aliphatic heterocycles. The molecule has 5 heteroatoms. The van der Waals surface area contributed by atoms with Gasteiger partial charge in [-0.05, 0) is 55.2 Å². The van der Waals surface area contributed by atoms with Crippen molar-refractivity contribution in [1.29, 1.82) is 0 Å². The number of rotatable bonds is 7. The first-order chi connectivity index (χ1) is 12.4. The zero-order chi connectivity index (χ0) is 19.1. The van der Waals surface area contributed by atoms with Gasteiger partial charge in [-0.25, -0.2) is 0 Å². The number of carbonyl (C=O) groups is 2. The third kappa shape index (κ3) is 5.62. The molecular weight excluding hydrogens is 326 g/mol. The Morgan fingerprint density at radius 2 is 1.69 bits per heavy atom. The first-order valence-electron chi connectivity index (χ1n) is 8.76. The Balaban J connectivity index is 1.82. The van der Waals surface area contributed by atoms with Crippen molar-refractivity contribution in [3.63, 3.8) is 0 Å². The Hall–Kier alpha value is -2.82. The van der Waals surface area contributed by atoms with Gasteiger partial charge in [0.2, 0.25) is 11.8 Å². The molecule has 2 N–H and O–H groups in total. The number of nitrogens with one attached hydrogen (secondary N) is 2. The summed E-state index contributed by atoms with van der Waals surface area (Å²) in [6.07, 6.45) is 1.21. The molecule has 0 saturated heterocycles. The second-order valence-corrected chi connectivity index (χ2v) is 6.63. The van der Waals surface area contributed by atoms with E-state index in [1.165, 1.54) is 0 Å². The highest BCUT2D eigenvalue weighted by Crippen LogP contribution is 2.18. The predicted octanol–water partition coefficient (Wildman–Crippen LogP) is 3.37. The minimum atomic E-state index is -0.0839. The van der Waals surface area contributed by atoms with E-state index < -0.39 is 0 Å². The van der Waals surface area contributed by atoms with Gasteiger partial charge in [0.1, 0.15) is 0 Å². The maximum Gasteiger partial charge on any atom is 0.243 e. The van der Waals surface area contributed by atoms with Crippen molar-refractivity contribution in [2.45, 2.75) is 26.7 Å². The van der Waals surface area contributed by atoms with E-state index in [1.54, 1.807) is 19.0 Å². The number of hydrogen-bond donors (Lipinski definition) is 2. The monoisotopic (exact) mass is 353 g/mol. The molecule has 0 aromatic heterocycles. The fourth-order valence-corrected chi connectivity index (χ4v) is 2.53. The Morgan fingerprint density at radius 3 is 2.35 bits per heavy atom. The minimum absolute atomic E-state index is 0.0839. The van der Waals surface area contributed by atoms with E-state index in [4.69, 9.17) is 0 Å². The van der Waals surface area contributed by atoms with Crippen LogP contribution in [0.2, 0.25) is 0 Å². The summed E-state index contributed by atoms with van der Waals surface area (Å²) in [7, 11) is 3.53. The summed E-state index contributed by atoms with van der Waals surface area (Å²) in [4.78, 5) is 25.4. The molecule has 0 unspecified atom stereocenters. The molecule has 0 heterocycles. The van der Waals surface area contributed by atoms with Crippen LogP contribution in [0.15, 0.2) is 42.5 Å². The lowest BCUT2D eigenvalue weighted by Crippen LogP contribution is -2.22. The molecule has 2 aromatic carbocycles. The molecule has 2 amide bonds. The maximum absolute atomic E-state index is 12.1. The van der Waals surface area contributed by atoms with Crippen molar-refractivity contribution in [2.75, 3.05) is 31.3 Å². The highest BCUT2D eigenvalue weighted by atomic mass is 16.2. The number of anilines is 2. The van der Waals surface area contributed by atoms with Crippen molar-refractivity contribution in [2.24, 2.45) is 0 Å². The summed E-state index contributed by atoms with van der Waals surface area (Å²) in [6, 6.07) is 13.7. The Morgan fingerprint density at radius 1 is 1.00 bits per heavy atom. The minimum Gasteiger partial charge on any atom is -0.376 e. The topological polar surface area (TPSA) is 61.4 Å². The molecule has 2 aromatic rings. The normalized spacial score (nSPS) is 10.3. The van der Waals surface area contributed by atoms with Gasteiger partial charge in [-0.1, -0.05) is 24.3 Å². The van der Waals surface area contributed by atoms with E-state index in [0.717, 1.165) is 28.1 Å². The zero-order valence-corrected chi connectivity index (χ0v) is 15.9. The average molecular weight is 353 g/mol. The van der Waals surface area contributed by atoms with Gasteiger partial charge in [-0.3, -0.25) is 9.59 Å². The molecule has 0 radical (unpaired) electrons. The summed E-state index contributed by atoms with van der Waals surface area (Å²) in [6.45, 7) is 4.22. The van der Waals surface area contributed by atoms with Crippen LogP contribution in [0, 0.1) is 13.8 Å². The van der Waals surface area contributed by atoms with Crippen molar-refractivity contribution in [1.82, 2.24) is 4.90 Å². The van der Waals surface area contributed by atoms with Crippen LogP contribution in [0.1, 0.15) is 23.1 Å². The third-order valence-electron chi connectivity index (χ3n) is 4.41. The first kappa shape index (κ1) is 19.5. The fourth-order valence-electron chi connectivity index (χ4n) is 2.53. The van der Waals surface area contributed by atoms with Crippen LogP contribution in [-0.4, -0.2) is 37.4 Å². The number of carbonyl (C=O) groups excluding carboxylic acids is 2. The summed E-state index contributed by atoms with van der Waals surface area (Å²) in [5, 5.41) is 6.05. The lowest BCUT2D eigenvalue weighted by Gasteiger charge is -2.12. The molecule has 0 aliphatic rings. The van der Waals surface area contributed by atoms with Crippen LogP contribution in [-0.2, 0) is 16.0 Å². The summed E-state index contributed by atoms with van der Waals surface area (Å²) >= 11 is 0. The van der Waals surface area contributed by atoms with Crippen LogP contribution in [0.4, 0.5) is 11.4 Å². The molecule has 0 fully saturated rings. The Labute approximate surface area is 155 Å². The third-order valence-corrected chi connectivity index (χ3v) is 4.41. The second-order valence-electron chi connectivity index (χ2n) is 6.63. The number of aryl methyl sites for hydroxylation is 2. The van der Waals surface area contributed by atoms with Gasteiger partial charge in [-0.2, -0.15) is 0 Å². The molecule has 2 rings (SSSR count). The van der Waals surface area contributed by atoms with Crippen molar-refractivity contribution < 1.29 is 9.59 Å². The van der Waals surface area contributed by atoms with Gasteiger partial charge in [0.15, 0.2) is 0 Å². The van der Waals surface area contributed by atoms with E-state index in [2.05, 4.69) is 10.6 Å². The lowest BCUT2D eigenvalue weighted by atomic mass is 10.1. The van der Waals surface area contributed by atoms with Crippen LogP contribution < -0.4 is 10.6 Å². The van der Waals surface area contributed by atoms with E-state index >= 15 is 0 Å². The van der Waals surface area contributed by atoms with E-state index in [0.29, 0.717) is 12.8 Å². The van der Waals surface area contributed by atoms with Gasteiger partial charge in [0, 0.05) is 31.9 Å². The molecule has 0 saturated carbocycles. The van der Waals surface area contributed by atoms with Gasteiger partial charge in [0.05, 0.1) is 6.54 Å². The van der Waals surface area contributed by atoms with Crippen molar-refractivity contribution >= 4 is 23.2 Å². The first-order valence-corrected chi connectivity index (χ1v) is 8.76. The van der Waals surface area contributed by atoms with Crippen molar-refractivity contribution in [3.05, 3.63) is 59.2 Å². The molecule has 0 aliphatic carbocycles. The van der Waals surface area contributed by atoms with E-state index in [9.17, 15) is 9.59 Å². The number of hydrogen-bond acceptors (Lipinski definition) is 3. The van der Waals surface area contributed by atoms with Crippen LogP contribution in [0.5, 0.6) is 0 Å². The average Bonchev–Trinajstić information content (AvgIpc) is 2.62. The molecule has 26 heavy (non-hydrogen) atoms. The number of benzene rings is 2. The largest absolute Gasteiger partial charge is 0.376 e. The standard InChI is InChI=1S/C21H27N3O2/c1-15-6-5-7-19(16(15)2)23-20(25)14-22-18-11-8-17(9-12-18)10-13-21(26)24(3)4/h5-9,11-12,22H,10,13-14H2,1-4H3,(H,23,25). The summed E-state index contributed by atoms with van der Waals surface area (Å²) in [5.41, 5.74) is 5.06. The lowest BCUT2D eigenvalue weighted by molar-refractivity contribution is -0.128. The van der Waals surface area contributed by atoms with Crippen LogP contribution in [0.3, 0.4) is 0 Å².